The molecule has 0 atom stereocenters. The van der Waals surface area contributed by atoms with Crippen molar-refractivity contribution in [3.05, 3.63) is 55.3 Å². The predicted octanol–water partition coefficient (Wildman–Crippen LogP) is 4.76. The van der Waals surface area contributed by atoms with Crippen molar-refractivity contribution in [2.45, 2.75) is 6.92 Å². The van der Waals surface area contributed by atoms with Crippen molar-refractivity contribution in [1.82, 2.24) is 0 Å². The van der Waals surface area contributed by atoms with Crippen LogP contribution in [0.25, 0.3) is 0 Å². The van der Waals surface area contributed by atoms with E-state index in [1.54, 1.807) is 12.1 Å². The lowest BCUT2D eigenvalue weighted by Crippen LogP contribution is -2.15. The summed E-state index contributed by atoms with van der Waals surface area (Å²) in [6.45, 7) is 1.84. The third-order valence-electron chi connectivity index (χ3n) is 2.87. The summed E-state index contributed by atoms with van der Waals surface area (Å²) in [5.41, 5.74) is 1.31. The van der Waals surface area contributed by atoms with Crippen LogP contribution in [0.5, 0.6) is 5.75 Å². The Morgan fingerprint density at radius 1 is 1.33 bits per heavy atom. The first-order valence-electron chi connectivity index (χ1n) is 6.03. The summed E-state index contributed by atoms with van der Waals surface area (Å²) in [6.07, 6.45) is 0. The van der Waals surface area contributed by atoms with Crippen molar-refractivity contribution in [2.75, 3.05) is 12.4 Å². The maximum absolute atomic E-state index is 13.8. The van der Waals surface area contributed by atoms with Crippen LogP contribution in [-0.2, 0) is 0 Å². The van der Waals surface area contributed by atoms with E-state index < -0.39 is 11.7 Å². The first-order chi connectivity index (χ1) is 9.92. The molecule has 0 unspecified atom stereocenters. The number of methoxy groups -OCH3 is 1. The SMILES string of the molecule is COc1c(C)cc(Br)cc1C(=O)Nc1ccc(I)cc1F. The van der Waals surface area contributed by atoms with Gasteiger partial charge in [-0.05, 0) is 65.4 Å². The zero-order valence-corrected chi connectivity index (χ0v) is 15.1. The summed E-state index contributed by atoms with van der Waals surface area (Å²) >= 11 is 5.35. The molecule has 0 heterocycles. The highest BCUT2D eigenvalue weighted by atomic mass is 127. The van der Waals surface area contributed by atoms with Crippen LogP contribution in [-0.4, -0.2) is 13.0 Å². The number of anilines is 1. The maximum atomic E-state index is 13.8. The van der Waals surface area contributed by atoms with Gasteiger partial charge in [-0.3, -0.25) is 4.79 Å². The molecular weight excluding hydrogens is 452 g/mol. The van der Waals surface area contributed by atoms with Gasteiger partial charge in [0, 0.05) is 8.04 Å². The Kier molecular flexibility index (Phi) is 5.21. The minimum absolute atomic E-state index is 0.139. The number of carbonyl (C=O) groups excluding carboxylic acids is 1. The van der Waals surface area contributed by atoms with Gasteiger partial charge in [-0.15, -0.1) is 0 Å². The molecule has 0 radical (unpaired) electrons. The Hall–Kier alpha value is -1.15. The number of ether oxygens (including phenoxy) is 1. The van der Waals surface area contributed by atoms with E-state index in [1.807, 2.05) is 35.6 Å². The number of hydrogen-bond donors (Lipinski definition) is 1. The molecule has 3 nitrogen and oxygen atoms in total. The molecule has 1 amide bonds. The van der Waals surface area contributed by atoms with Crippen molar-refractivity contribution < 1.29 is 13.9 Å². The van der Waals surface area contributed by atoms with Gasteiger partial charge < -0.3 is 10.1 Å². The van der Waals surface area contributed by atoms with Gasteiger partial charge >= 0.3 is 0 Å². The summed E-state index contributed by atoms with van der Waals surface area (Å²) in [6, 6.07) is 8.11. The molecular formula is C15H12BrFINO2. The Morgan fingerprint density at radius 3 is 2.67 bits per heavy atom. The number of rotatable bonds is 3. The van der Waals surface area contributed by atoms with Crippen LogP contribution in [0.1, 0.15) is 15.9 Å². The highest BCUT2D eigenvalue weighted by Gasteiger charge is 2.17. The van der Waals surface area contributed by atoms with Crippen LogP contribution in [0.2, 0.25) is 0 Å². The summed E-state index contributed by atoms with van der Waals surface area (Å²) in [5.74, 6) is -0.418. The lowest BCUT2D eigenvalue weighted by atomic mass is 10.1. The smallest absolute Gasteiger partial charge is 0.259 e. The van der Waals surface area contributed by atoms with Gasteiger partial charge in [-0.25, -0.2) is 4.39 Å². The lowest BCUT2D eigenvalue weighted by Gasteiger charge is -2.13. The number of amides is 1. The molecule has 6 heteroatoms. The second-order valence-corrected chi connectivity index (χ2v) is 6.54. The summed E-state index contributed by atoms with van der Waals surface area (Å²) in [7, 11) is 1.50. The number of carbonyl (C=O) groups is 1. The average Bonchev–Trinajstić information content (AvgIpc) is 2.41. The summed E-state index contributed by atoms with van der Waals surface area (Å²) < 4.78 is 20.6. The van der Waals surface area contributed by atoms with Gasteiger partial charge in [0.05, 0.1) is 18.4 Å². The molecule has 0 aliphatic rings. The molecule has 0 spiro atoms. The minimum Gasteiger partial charge on any atom is -0.496 e. The predicted molar refractivity (Wildman–Crippen MR) is 92.5 cm³/mol. The second kappa shape index (κ2) is 6.74. The molecule has 0 fully saturated rings. The average molecular weight is 464 g/mol. The zero-order valence-electron chi connectivity index (χ0n) is 11.3. The molecule has 0 bridgehead atoms. The third kappa shape index (κ3) is 3.74. The van der Waals surface area contributed by atoms with Gasteiger partial charge in [0.2, 0.25) is 0 Å². The number of halogens is 3. The Morgan fingerprint density at radius 2 is 2.05 bits per heavy atom. The van der Waals surface area contributed by atoms with E-state index in [-0.39, 0.29) is 5.69 Å². The fraction of sp³-hybridized carbons (Fsp3) is 0.133. The van der Waals surface area contributed by atoms with Gasteiger partial charge in [-0.2, -0.15) is 0 Å². The maximum Gasteiger partial charge on any atom is 0.259 e. The topological polar surface area (TPSA) is 38.3 Å². The number of hydrogen-bond acceptors (Lipinski definition) is 2. The Labute approximate surface area is 144 Å². The van der Waals surface area contributed by atoms with Crippen LogP contribution in [0.15, 0.2) is 34.8 Å². The van der Waals surface area contributed by atoms with Crippen molar-refractivity contribution in [1.29, 1.82) is 0 Å². The van der Waals surface area contributed by atoms with Crippen LogP contribution in [0.3, 0.4) is 0 Å². The van der Waals surface area contributed by atoms with Gasteiger partial charge in [-0.1, -0.05) is 15.9 Å². The van der Waals surface area contributed by atoms with Crippen molar-refractivity contribution in [3.63, 3.8) is 0 Å². The van der Waals surface area contributed by atoms with E-state index in [0.29, 0.717) is 11.3 Å². The summed E-state index contributed by atoms with van der Waals surface area (Å²) in [4.78, 5) is 12.4. The molecule has 110 valence electrons. The second-order valence-electron chi connectivity index (χ2n) is 4.38. The number of nitrogens with one attached hydrogen (secondary N) is 1. The molecule has 2 aromatic carbocycles. The summed E-state index contributed by atoms with van der Waals surface area (Å²) in [5, 5.41) is 2.56. The van der Waals surface area contributed by atoms with E-state index in [4.69, 9.17) is 4.74 Å². The Balaban J connectivity index is 2.36. The fourth-order valence-electron chi connectivity index (χ4n) is 1.95. The van der Waals surface area contributed by atoms with Gasteiger partial charge in [0.25, 0.3) is 5.91 Å². The molecule has 2 aromatic rings. The van der Waals surface area contributed by atoms with Crippen molar-refractivity contribution >= 4 is 50.1 Å². The Bertz CT molecular complexity index is 706. The van der Waals surface area contributed by atoms with Gasteiger partial charge in [0.1, 0.15) is 11.6 Å². The normalized spacial score (nSPS) is 10.3. The van der Waals surface area contributed by atoms with Crippen LogP contribution in [0, 0.1) is 16.3 Å². The lowest BCUT2D eigenvalue weighted by molar-refractivity contribution is 0.102. The van der Waals surface area contributed by atoms with Gasteiger partial charge in [0.15, 0.2) is 0 Å². The standard InChI is InChI=1S/C15H12BrFINO2/c1-8-5-9(16)6-11(14(8)21-2)15(20)19-13-4-3-10(18)7-12(13)17/h3-7H,1-2H3,(H,19,20). The first-order valence-corrected chi connectivity index (χ1v) is 7.90. The van der Waals surface area contributed by atoms with Crippen molar-refractivity contribution in [2.24, 2.45) is 0 Å². The largest absolute Gasteiger partial charge is 0.496 e. The molecule has 0 saturated heterocycles. The highest BCUT2D eigenvalue weighted by Crippen LogP contribution is 2.29. The first kappa shape index (κ1) is 16.2. The fourth-order valence-corrected chi connectivity index (χ4v) is 2.98. The van der Waals surface area contributed by atoms with Crippen LogP contribution in [0.4, 0.5) is 10.1 Å². The van der Waals surface area contributed by atoms with E-state index in [0.717, 1.165) is 13.6 Å². The molecule has 0 aliphatic carbocycles. The highest BCUT2D eigenvalue weighted by molar-refractivity contribution is 14.1. The molecule has 0 aliphatic heterocycles. The molecule has 0 saturated carbocycles. The molecule has 21 heavy (non-hydrogen) atoms. The molecule has 1 N–H and O–H groups in total. The van der Waals surface area contributed by atoms with Crippen LogP contribution >= 0.6 is 38.5 Å². The third-order valence-corrected chi connectivity index (χ3v) is 4.00. The monoisotopic (exact) mass is 463 g/mol. The number of aryl methyl sites for hydroxylation is 1. The number of benzene rings is 2. The molecule has 0 aromatic heterocycles. The van der Waals surface area contributed by atoms with E-state index >= 15 is 0 Å². The van der Waals surface area contributed by atoms with Crippen LogP contribution < -0.4 is 10.1 Å². The minimum atomic E-state index is -0.471. The van der Waals surface area contributed by atoms with E-state index in [2.05, 4.69) is 21.2 Å². The van der Waals surface area contributed by atoms with E-state index in [1.165, 1.54) is 19.2 Å². The zero-order chi connectivity index (χ0) is 15.6. The van der Waals surface area contributed by atoms with Crippen molar-refractivity contribution in [3.8, 4) is 5.75 Å². The molecule has 2 rings (SSSR count). The van der Waals surface area contributed by atoms with E-state index in [9.17, 15) is 9.18 Å². The quantitative estimate of drug-likeness (QED) is 0.666.